The molecule has 0 spiro atoms. The van der Waals surface area contributed by atoms with Crippen molar-refractivity contribution >= 4 is 5.97 Å². The molecule has 13 heavy (non-hydrogen) atoms. The highest BCUT2D eigenvalue weighted by Crippen LogP contribution is 2.42. The summed E-state index contributed by atoms with van der Waals surface area (Å²) >= 11 is 0. The maximum atomic E-state index is 11.1. The monoisotopic (exact) mass is 180 g/mol. The molecule has 1 heterocycles. The zero-order chi connectivity index (χ0) is 9.47. The van der Waals surface area contributed by atoms with Crippen LogP contribution in [0.5, 0.6) is 0 Å². The Labute approximate surface area is 76.2 Å². The number of nitrogens with zero attached hydrogens (tertiary/aromatic N) is 2. The summed E-state index contributed by atoms with van der Waals surface area (Å²) in [4.78, 5) is 15.2. The van der Waals surface area contributed by atoms with Crippen molar-refractivity contribution in [1.82, 2.24) is 9.55 Å². The first-order valence-electron chi connectivity index (χ1n) is 4.38. The lowest BCUT2D eigenvalue weighted by Gasteiger charge is -2.36. The molecule has 1 aliphatic rings. The minimum absolute atomic E-state index is 0.686. The zero-order valence-electron chi connectivity index (χ0n) is 7.53. The summed E-state index contributed by atoms with van der Waals surface area (Å²) < 4.78 is 1.80. The van der Waals surface area contributed by atoms with E-state index in [9.17, 15) is 4.79 Å². The number of hydrogen-bond acceptors (Lipinski definition) is 2. The molecule has 0 bridgehead atoms. The van der Waals surface area contributed by atoms with E-state index < -0.39 is 11.4 Å². The summed E-state index contributed by atoms with van der Waals surface area (Å²) in [5, 5.41) is 9.13. The van der Waals surface area contributed by atoms with Crippen molar-refractivity contribution in [3.8, 4) is 0 Å². The van der Waals surface area contributed by atoms with Crippen molar-refractivity contribution in [3.05, 3.63) is 18.2 Å². The van der Waals surface area contributed by atoms with Gasteiger partial charge in [0.05, 0.1) is 0 Å². The van der Waals surface area contributed by atoms with Crippen LogP contribution >= 0.6 is 0 Å². The summed E-state index contributed by atoms with van der Waals surface area (Å²) in [7, 11) is 1.84. The Bertz CT molecular complexity index is 339. The highest BCUT2D eigenvalue weighted by atomic mass is 16.4. The molecule has 1 N–H and O–H groups in total. The van der Waals surface area contributed by atoms with Gasteiger partial charge in [-0.25, -0.2) is 4.98 Å². The van der Waals surface area contributed by atoms with Gasteiger partial charge in [0.2, 0.25) is 0 Å². The number of aromatic nitrogens is 2. The lowest BCUT2D eigenvalue weighted by Crippen LogP contribution is -2.44. The number of imidazole rings is 1. The first kappa shape index (κ1) is 8.29. The van der Waals surface area contributed by atoms with Crippen molar-refractivity contribution in [2.45, 2.75) is 24.7 Å². The second-order valence-corrected chi connectivity index (χ2v) is 3.60. The molecule has 0 unspecified atom stereocenters. The third-order valence-electron chi connectivity index (χ3n) is 2.87. The van der Waals surface area contributed by atoms with Gasteiger partial charge < -0.3 is 9.67 Å². The molecule has 1 saturated carbocycles. The first-order valence-corrected chi connectivity index (χ1v) is 4.38. The van der Waals surface area contributed by atoms with E-state index in [0.29, 0.717) is 18.7 Å². The predicted octanol–water partition coefficient (Wildman–Crippen LogP) is 0.926. The smallest absolute Gasteiger partial charge is 0.317 e. The van der Waals surface area contributed by atoms with Gasteiger partial charge in [-0.15, -0.1) is 0 Å². The van der Waals surface area contributed by atoms with Crippen LogP contribution < -0.4 is 0 Å². The Morgan fingerprint density at radius 1 is 1.69 bits per heavy atom. The van der Waals surface area contributed by atoms with Crippen LogP contribution in [0.3, 0.4) is 0 Å². The Hall–Kier alpha value is -1.32. The zero-order valence-corrected chi connectivity index (χ0v) is 7.53. The summed E-state index contributed by atoms with van der Waals surface area (Å²) in [6, 6.07) is 0. The topological polar surface area (TPSA) is 55.1 Å². The largest absolute Gasteiger partial charge is 0.480 e. The molecule has 70 valence electrons. The van der Waals surface area contributed by atoms with Crippen LogP contribution in [0.15, 0.2) is 12.4 Å². The van der Waals surface area contributed by atoms with Crippen molar-refractivity contribution < 1.29 is 9.90 Å². The highest BCUT2D eigenvalue weighted by Gasteiger charge is 2.48. The van der Waals surface area contributed by atoms with E-state index >= 15 is 0 Å². The van der Waals surface area contributed by atoms with Gasteiger partial charge in [-0.05, 0) is 12.8 Å². The quantitative estimate of drug-likeness (QED) is 0.736. The van der Waals surface area contributed by atoms with E-state index in [4.69, 9.17) is 5.11 Å². The minimum atomic E-state index is -0.743. The molecule has 4 nitrogen and oxygen atoms in total. The van der Waals surface area contributed by atoms with Crippen LogP contribution in [0.4, 0.5) is 0 Å². The summed E-state index contributed by atoms with van der Waals surface area (Å²) in [6.07, 6.45) is 5.86. The summed E-state index contributed by atoms with van der Waals surface area (Å²) in [5.74, 6) is -0.0562. The van der Waals surface area contributed by atoms with Gasteiger partial charge in [-0.2, -0.15) is 0 Å². The fraction of sp³-hybridized carbons (Fsp3) is 0.556. The van der Waals surface area contributed by atoms with Crippen LogP contribution in [0.2, 0.25) is 0 Å². The molecule has 4 heteroatoms. The second kappa shape index (κ2) is 2.58. The second-order valence-electron chi connectivity index (χ2n) is 3.60. The van der Waals surface area contributed by atoms with Gasteiger partial charge in [-0.1, -0.05) is 6.42 Å². The van der Waals surface area contributed by atoms with Gasteiger partial charge in [0, 0.05) is 19.4 Å². The Kier molecular flexibility index (Phi) is 1.65. The number of aliphatic carboxylic acids is 1. The van der Waals surface area contributed by atoms with Crippen LogP contribution in [0.25, 0.3) is 0 Å². The van der Waals surface area contributed by atoms with E-state index in [1.54, 1.807) is 17.0 Å². The van der Waals surface area contributed by atoms with Crippen LogP contribution in [0.1, 0.15) is 25.1 Å². The molecular weight excluding hydrogens is 168 g/mol. The molecular formula is C9H12N2O2. The average Bonchev–Trinajstić information content (AvgIpc) is 2.34. The molecule has 0 aliphatic heterocycles. The molecule has 1 fully saturated rings. The standard InChI is InChI=1S/C9H12N2O2/c1-11-6-5-10-7(11)9(8(12)13)3-2-4-9/h5-6H,2-4H2,1H3,(H,12,13). The molecule has 0 radical (unpaired) electrons. The number of carboxylic acids is 1. The van der Waals surface area contributed by atoms with E-state index in [-0.39, 0.29) is 0 Å². The Morgan fingerprint density at radius 2 is 2.38 bits per heavy atom. The number of carboxylic acid groups (broad SMARTS) is 1. The van der Waals surface area contributed by atoms with Crippen molar-refractivity contribution in [2.75, 3.05) is 0 Å². The molecule has 0 saturated heterocycles. The van der Waals surface area contributed by atoms with Crippen molar-refractivity contribution in [3.63, 3.8) is 0 Å². The summed E-state index contributed by atoms with van der Waals surface area (Å²) in [6.45, 7) is 0. The SMILES string of the molecule is Cn1ccnc1C1(C(=O)O)CCC1. The number of carbonyl (C=O) groups is 1. The van der Waals surface area contributed by atoms with Crippen molar-refractivity contribution in [2.24, 2.45) is 7.05 Å². The van der Waals surface area contributed by atoms with Gasteiger partial charge in [-0.3, -0.25) is 4.79 Å². The van der Waals surface area contributed by atoms with Gasteiger partial charge in [0.25, 0.3) is 0 Å². The maximum absolute atomic E-state index is 11.1. The van der Waals surface area contributed by atoms with E-state index in [2.05, 4.69) is 4.98 Å². The van der Waals surface area contributed by atoms with Gasteiger partial charge in [0.15, 0.2) is 0 Å². The third kappa shape index (κ3) is 0.978. The summed E-state index contributed by atoms with van der Waals surface area (Å²) in [5.41, 5.74) is -0.696. The number of rotatable bonds is 2. The van der Waals surface area contributed by atoms with Gasteiger partial charge >= 0.3 is 5.97 Å². The molecule has 1 aromatic heterocycles. The van der Waals surface area contributed by atoms with Crippen LogP contribution in [0, 0.1) is 0 Å². The highest BCUT2D eigenvalue weighted by molar-refractivity contribution is 5.81. The van der Waals surface area contributed by atoms with Crippen LogP contribution in [-0.2, 0) is 17.3 Å². The molecule has 1 aliphatic carbocycles. The Balaban J connectivity index is 2.43. The third-order valence-corrected chi connectivity index (χ3v) is 2.87. The Morgan fingerprint density at radius 3 is 2.69 bits per heavy atom. The van der Waals surface area contributed by atoms with E-state index in [1.165, 1.54) is 0 Å². The first-order chi connectivity index (χ1) is 6.17. The number of aryl methyl sites for hydroxylation is 1. The molecule has 0 atom stereocenters. The van der Waals surface area contributed by atoms with E-state index in [1.807, 2.05) is 7.05 Å². The average molecular weight is 180 g/mol. The minimum Gasteiger partial charge on any atom is -0.480 e. The lowest BCUT2D eigenvalue weighted by molar-refractivity contribution is -0.148. The van der Waals surface area contributed by atoms with Crippen LogP contribution in [-0.4, -0.2) is 20.6 Å². The molecule has 0 aromatic carbocycles. The fourth-order valence-electron chi connectivity index (χ4n) is 1.89. The molecule has 1 aromatic rings. The molecule has 0 amide bonds. The van der Waals surface area contributed by atoms with E-state index in [0.717, 1.165) is 6.42 Å². The van der Waals surface area contributed by atoms with Gasteiger partial charge in [0.1, 0.15) is 11.2 Å². The maximum Gasteiger partial charge on any atom is 0.317 e. The van der Waals surface area contributed by atoms with Crippen molar-refractivity contribution in [1.29, 1.82) is 0 Å². The molecule has 2 rings (SSSR count). The lowest BCUT2D eigenvalue weighted by atomic mass is 9.68. The fourth-order valence-corrected chi connectivity index (χ4v) is 1.89. The number of hydrogen-bond donors (Lipinski definition) is 1. The predicted molar refractivity (Wildman–Crippen MR) is 46.4 cm³/mol. The normalized spacial score (nSPS) is 19.5.